The summed E-state index contributed by atoms with van der Waals surface area (Å²) in [6, 6.07) is -1.81. The van der Waals surface area contributed by atoms with Crippen LogP contribution in [0.1, 0.15) is 26.2 Å². The maximum atomic E-state index is 11.7. The number of nitrogens with one attached hydrogen (secondary N) is 2. The number of amides is 2. The normalized spacial score (nSPS) is 12.9. The molecule has 0 aliphatic rings. The fraction of sp³-hybridized carbons (Fsp3) is 0.778. The number of urea groups is 1. The molecule has 0 rings (SSSR count). The summed E-state index contributed by atoms with van der Waals surface area (Å²) in [5.74, 6) is -1.18. The molecule has 0 saturated carbocycles. The number of carbonyl (C=O) groups is 2. The molecule has 3 N–H and O–H groups in total. The summed E-state index contributed by atoms with van der Waals surface area (Å²) >= 11 is 0. The third-order valence-electron chi connectivity index (χ3n) is 1.93. The fourth-order valence-corrected chi connectivity index (χ4v) is 1.04. The van der Waals surface area contributed by atoms with E-state index in [4.69, 9.17) is 5.11 Å². The van der Waals surface area contributed by atoms with E-state index in [9.17, 15) is 22.8 Å². The summed E-state index contributed by atoms with van der Waals surface area (Å²) in [5.41, 5.74) is 0. The van der Waals surface area contributed by atoms with E-state index < -0.39 is 30.6 Å². The van der Waals surface area contributed by atoms with Gasteiger partial charge in [0.05, 0.1) is 0 Å². The van der Waals surface area contributed by atoms with Crippen molar-refractivity contribution in [1.82, 2.24) is 10.6 Å². The van der Waals surface area contributed by atoms with Gasteiger partial charge in [-0.05, 0) is 12.8 Å². The second kappa shape index (κ2) is 6.97. The average molecular weight is 256 g/mol. The lowest BCUT2D eigenvalue weighted by Gasteiger charge is -2.13. The van der Waals surface area contributed by atoms with Crippen molar-refractivity contribution in [1.29, 1.82) is 0 Å². The Hall–Kier alpha value is -1.47. The zero-order chi connectivity index (χ0) is 13.5. The summed E-state index contributed by atoms with van der Waals surface area (Å²) in [4.78, 5) is 21.6. The van der Waals surface area contributed by atoms with Crippen LogP contribution in [0.5, 0.6) is 0 Å². The van der Waals surface area contributed by atoms with Crippen LogP contribution in [0.3, 0.4) is 0 Å². The highest BCUT2D eigenvalue weighted by Gasteiger charge is 2.26. The lowest BCUT2D eigenvalue weighted by atomic mass is 10.2. The lowest BCUT2D eigenvalue weighted by Crippen LogP contribution is -2.45. The quantitative estimate of drug-likeness (QED) is 0.630. The second-order valence-electron chi connectivity index (χ2n) is 3.42. The molecule has 0 aliphatic carbocycles. The van der Waals surface area contributed by atoms with Crippen LogP contribution in [0, 0.1) is 0 Å². The van der Waals surface area contributed by atoms with Crippen LogP contribution >= 0.6 is 0 Å². The highest BCUT2D eigenvalue weighted by atomic mass is 19.4. The molecule has 0 aromatic rings. The second-order valence-corrected chi connectivity index (χ2v) is 3.42. The maximum Gasteiger partial charge on any atom is 0.389 e. The minimum absolute atomic E-state index is 0.151. The Labute approximate surface area is 96.4 Å². The number of halogens is 3. The van der Waals surface area contributed by atoms with E-state index in [-0.39, 0.29) is 19.4 Å². The van der Waals surface area contributed by atoms with Crippen molar-refractivity contribution in [2.45, 2.75) is 38.4 Å². The zero-order valence-corrected chi connectivity index (χ0v) is 9.30. The first-order valence-electron chi connectivity index (χ1n) is 5.10. The number of alkyl halides is 3. The van der Waals surface area contributed by atoms with Crippen molar-refractivity contribution >= 4 is 12.0 Å². The van der Waals surface area contributed by atoms with Crippen LogP contribution in [0.2, 0.25) is 0 Å². The molecule has 0 spiro atoms. The van der Waals surface area contributed by atoms with Crippen LogP contribution in [0.25, 0.3) is 0 Å². The Morgan fingerprint density at radius 3 is 2.35 bits per heavy atom. The molecule has 0 aliphatic heterocycles. The fourth-order valence-electron chi connectivity index (χ4n) is 1.04. The van der Waals surface area contributed by atoms with E-state index in [1.54, 1.807) is 6.92 Å². The molecular formula is C9H15F3N2O3. The molecule has 1 atom stereocenters. The molecule has 0 radical (unpaired) electrons. The van der Waals surface area contributed by atoms with E-state index in [1.807, 2.05) is 0 Å². The predicted molar refractivity (Wildman–Crippen MR) is 53.5 cm³/mol. The molecule has 5 nitrogen and oxygen atoms in total. The highest BCUT2D eigenvalue weighted by molar-refractivity contribution is 5.82. The van der Waals surface area contributed by atoms with Gasteiger partial charge in [0.25, 0.3) is 0 Å². The third kappa shape index (κ3) is 8.35. The van der Waals surface area contributed by atoms with Crippen LogP contribution in [-0.4, -0.2) is 35.9 Å². The van der Waals surface area contributed by atoms with Crippen LogP contribution in [0.15, 0.2) is 0 Å². The molecule has 8 heteroatoms. The zero-order valence-electron chi connectivity index (χ0n) is 9.30. The van der Waals surface area contributed by atoms with Crippen molar-refractivity contribution < 1.29 is 27.9 Å². The Kier molecular flexibility index (Phi) is 6.37. The maximum absolute atomic E-state index is 11.7. The van der Waals surface area contributed by atoms with Gasteiger partial charge in [-0.3, -0.25) is 0 Å². The summed E-state index contributed by atoms with van der Waals surface area (Å²) < 4.78 is 35.2. The van der Waals surface area contributed by atoms with Crippen molar-refractivity contribution in [2.75, 3.05) is 6.54 Å². The van der Waals surface area contributed by atoms with E-state index in [0.717, 1.165) is 0 Å². The van der Waals surface area contributed by atoms with Gasteiger partial charge in [0.2, 0.25) is 0 Å². The first-order valence-corrected chi connectivity index (χ1v) is 5.10. The number of hydrogen-bond donors (Lipinski definition) is 3. The summed E-state index contributed by atoms with van der Waals surface area (Å²) in [7, 11) is 0. The molecule has 0 aromatic carbocycles. The molecule has 2 amide bonds. The number of carbonyl (C=O) groups excluding carboxylic acids is 1. The SMILES string of the molecule is CCC(NC(=O)NCCCC(F)(F)F)C(=O)O. The summed E-state index contributed by atoms with van der Waals surface area (Å²) in [6.45, 7) is 1.42. The van der Waals surface area contributed by atoms with Gasteiger partial charge in [-0.1, -0.05) is 6.92 Å². The van der Waals surface area contributed by atoms with Gasteiger partial charge in [0.1, 0.15) is 6.04 Å². The third-order valence-corrected chi connectivity index (χ3v) is 1.93. The van der Waals surface area contributed by atoms with E-state index in [1.165, 1.54) is 0 Å². The summed E-state index contributed by atoms with van der Waals surface area (Å²) in [6.07, 6.45) is -5.26. The first kappa shape index (κ1) is 15.5. The number of rotatable bonds is 6. The van der Waals surface area contributed by atoms with E-state index >= 15 is 0 Å². The van der Waals surface area contributed by atoms with Gasteiger partial charge in [0.15, 0.2) is 0 Å². The van der Waals surface area contributed by atoms with E-state index in [2.05, 4.69) is 10.6 Å². The van der Waals surface area contributed by atoms with Gasteiger partial charge in [-0.15, -0.1) is 0 Å². The van der Waals surface area contributed by atoms with Crippen molar-refractivity contribution in [3.05, 3.63) is 0 Å². The Morgan fingerprint density at radius 2 is 1.94 bits per heavy atom. The summed E-state index contributed by atoms with van der Waals surface area (Å²) in [5, 5.41) is 12.9. The van der Waals surface area contributed by atoms with Crippen LogP contribution < -0.4 is 10.6 Å². The molecule has 0 saturated heterocycles. The molecule has 0 fully saturated rings. The first-order chi connectivity index (χ1) is 7.76. The molecule has 0 heterocycles. The smallest absolute Gasteiger partial charge is 0.389 e. The van der Waals surface area contributed by atoms with Crippen LogP contribution in [0.4, 0.5) is 18.0 Å². The van der Waals surface area contributed by atoms with Gasteiger partial charge >= 0.3 is 18.2 Å². The van der Waals surface area contributed by atoms with Gasteiger partial charge in [0, 0.05) is 13.0 Å². The molecular weight excluding hydrogens is 241 g/mol. The topological polar surface area (TPSA) is 78.4 Å². The molecule has 0 aromatic heterocycles. The largest absolute Gasteiger partial charge is 0.480 e. The molecule has 17 heavy (non-hydrogen) atoms. The van der Waals surface area contributed by atoms with E-state index in [0.29, 0.717) is 0 Å². The Balaban J connectivity index is 3.77. The van der Waals surface area contributed by atoms with Crippen molar-refractivity contribution in [3.8, 4) is 0 Å². The number of carboxylic acids is 1. The Morgan fingerprint density at radius 1 is 1.35 bits per heavy atom. The van der Waals surface area contributed by atoms with Gasteiger partial charge in [-0.25, -0.2) is 9.59 Å². The highest BCUT2D eigenvalue weighted by Crippen LogP contribution is 2.20. The minimum Gasteiger partial charge on any atom is -0.480 e. The molecule has 1 unspecified atom stereocenters. The monoisotopic (exact) mass is 256 g/mol. The van der Waals surface area contributed by atoms with Gasteiger partial charge in [-0.2, -0.15) is 13.2 Å². The van der Waals surface area contributed by atoms with Gasteiger partial charge < -0.3 is 15.7 Å². The molecule has 0 bridgehead atoms. The van der Waals surface area contributed by atoms with Crippen molar-refractivity contribution in [2.24, 2.45) is 0 Å². The Bertz CT molecular complexity index is 269. The minimum atomic E-state index is -4.24. The van der Waals surface area contributed by atoms with Crippen LogP contribution in [-0.2, 0) is 4.79 Å². The number of aliphatic carboxylic acids is 1. The number of hydrogen-bond acceptors (Lipinski definition) is 2. The predicted octanol–water partition coefficient (Wildman–Crippen LogP) is 1.49. The standard InChI is InChI=1S/C9H15F3N2O3/c1-2-6(7(15)16)14-8(17)13-5-3-4-9(10,11)12/h6H,2-5H2,1H3,(H,15,16)(H2,13,14,17). The average Bonchev–Trinajstić information content (AvgIpc) is 2.19. The number of carboxylic acid groups (broad SMARTS) is 1. The lowest BCUT2D eigenvalue weighted by molar-refractivity contribution is -0.139. The van der Waals surface area contributed by atoms with Crippen molar-refractivity contribution in [3.63, 3.8) is 0 Å². The molecule has 100 valence electrons.